The van der Waals surface area contributed by atoms with Crippen molar-refractivity contribution >= 4 is 16.9 Å². The number of fused-ring (bicyclic) bond motifs is 2. The molecule has 4 rings (SSSR count). The molecule has 1 amide bonds. The Morgan fingerprint density at radius 2 is 2.25 bits per heavy atom. The van der Waals surface area contributed by atoms with E-state index in [1.165, 1.54) is 5.69 Å². The van der Waals surface area contributed by atoms with Crippen molar-refractivity contribution in [2.75, 3.05) is 6.54 Å². The Kier molecular flexibility index (Phi) is 3.78. The van der Waals surface area contributed by atoms with Crippen LogP contribution in [0.15, 0.2) is 30.3 Å². The van der Waals surface area contributed by atoms with E-state index in [-0.39, 0.29) is 12.5 Å². The quantitative estimate of drug-likeness (QED) is 0.749. The summed E-state index contributed by atoms with van der Waals surface area (Å²) in [7, 11) is 0. The number of imidazole rings is 1. The Bertz CT molecular complexity index is 870. The molecule has 7 nitrogen and oxygen atoms in total. The maximum atomic E-state index is 12.3. The van der Waals surface area contributed by atoms with E-state index in [4.69, 9.17) is 0 Å². The van der Waals surface area contributed by atoms with Crippen LogP contribution in [0.3, 0.4) is 0 Å². The van der Waals surface area contributed by atoms with Crippen molar-refractivity contribution in [1.82, 2.24) is 30.0 Å². The van der Waals surface area contributed by atoms with E-state index in [0.717, 1.165) is 42.2 Å². The van der Waals surface area contributed by atoms with Gasteiger partial charge in [0, 0.05) is 13.1 Å². The molecule has 0 atom stereocenters. The number of hydrogen-bond donors (Lipinski definition) is 2. The molecule has 0 fully saturated rings. The van der Waals surface area contributed by atoms with Gasteiger partial charge in [-0.15, -0.1) is 0 Å². The van der Waals surface area contributed by atoms with E-state index in [1.54, 1.807) is 0 Å². The highest BCUT2D eigenvalue weighted by Gasteiger charge is 2.13. The van der Waals surface area contributed by atoms with E-state index in [2.05, 4.69) is 20.7 Å². The predicted molar refractivity (Wildman–Crippen MR) is 90.3 cm³/mol. The molecule has 0 saturated heterocycles. The normalized spacial score (nSPS) is 13.9. The number of aromatic nitrogens is 4. The molecule has 2 N–H and O–H groups in total. The van der Waals surface area contributed by atoms with Crippen LogP contribution in [0.5, 0.6) is 0 Å². The van der Waals surface area contributed by atoms with Gasteiger partial charge in [-0.25, -0.2) is 4.98 Å². The van der Waals surface area contributed by atoms with Crippen LogP contribution in [0.1, 0.15) is 17.2 Å². The Morgan fingerprint density at radius 3 is 3.12 bits per heavy atom. The zero-order valence-electron chi connectivity index (χ0n) is 13.6. The smallest absolute Gasteiger partial charge is 0.240 e. The second-order valence-electron chi connectivity index (χ2n) is 6.04. The van der Waals surface area contributed by atoms with Crippen LogP contribution >= 0.6 is 0 Å². The van der Waals surface area contributed by atoms with Crippen molar-refractivity contribution in [3.05, 3.63) is 47.5 Å². The van der Waals surface area contributed by atoms with Gasteiger partial charge in [0.1, 0.15) is 12.4 Å². The molecule has 0 bridgehead atoms. The molecule has 3 aromatic rings. The van der Waals surface area contributed by atoms with Crippen LogP contribution in [-0.2, 0) is 31.0 Å². The van der Waals surface area contributed by atoms with E-state index < -0.39 is 0 Å². The lowest BCUT2D eigenvalue weighted by Crippen LogP contribution is -2.28. The topological polar surface area (TPSA) is 76.8 Å². The highest BCUT2D eigenvalue weighted by molar-refractivity contribution is 5.81. The van der Waals surface area contributed by atoms with Crippen LogP contribution in [0.25, 0.3) is 11.0 Å². The number of aryl methyl sites for hydroxylation is 1. The molecule has 0 unspecified atom stereocenters. The number of carbonyl (C=O) groups excluding carboxylic acids is 1. The summed E-state index contributed by atoms with van der Waals surface area (Å²) in [6.07, 6.45) is 0. The third-order valence-electron chi connectivity index (χ3n) is 4.33. The number of amides is 1. The van der Waals surface area contributed by atoms with Gasteiger partial charge in [-0.2, -0.15) is 5.10 Å². The standard InChI is InChI=1S/C17H20N6O/c1-12-20-15-4-2-3-5-16(15)22(12)11-17(24)19-9-13-8-14-10-18-6-7-23(14)21-13/h2-5,8,18H,6-7,9-11H2,1H3,(H,19,24). The number of carbonyl (C=O) groups is 1. The molecule has 7 heteroatoms. The molecule has 0 saturated carbocycles. The van der Waals surface area contributed by atoms with Gasteiger partial charge in [-0.3, -0.25) is 9.48 Å². The first kappa shape index (κ1) is 14.9. The van der Waals surface area contributed by atoms with Crippen molar-refractivity contribution in [3.8, 4) is 0 Å². The van der Waals surface area contributed by atoms with E-state index in [9.17, 15) is 4.79 Å². The second kappa shape index (κ2) is 6.09. The molecule has 24 heavy (non-hydrogen) atoms. The first-order valence-electron chi connectivity index (χ1n) is 8.15. The van der Waals surface area contributed by atoms with Gasteiger partial charge in [0.25, 0.3) is 0 Å². The van der Waals surface area contributed by atoms with Gasteiger partial charge in [-0.1, -0.05) is 12.1 Å². The van der Waals surface area contributed by atoms with E-state index in [0.29, 0.717) is 6.54 Å². The van der Waals surface area contributed by atoms with Crippen LogP contribution < -0.4 is 10.6 Å². The van der Waals surface area contributed by atoms with Gasteiger partial charge in [0.15, 0.2) is 0 Å². The first-order chi connectivity index (χ1) is 11.7. The molecule has 0 aliphatic carbocycles. The van der Waals surface area contributed by atoms with Gasteiger partial charge < -0.3 is 15.2 Å². The molecule has 1 aromatic carbocycles. The summed E-state index contributed by atoms with van der Waals surface area (Å²) < 4.78 is 3.94. The minimum Gasteiger partial charge on any atom is -0.349 e. The lowest BCUT2D eigenvalue weighted by molar-refractivity contribution is -0.121. The summed E-state index contributed by atoms with van der Waals surface area (Å²) in [5.74, 6) is 0.806. The summed E-state index contributed by atoms with van der Waals surface area (Å²) >= 11 is 0. The van der Waals surface area contributed by atoms with Crippen LogP contribution in [0.4, 0.5) is 0 Å². The highest BCUT2D eigenvalue weighted by atomic mass is 16.1. The Morgan fingerprint density at radius 1 is 1.38 bits per heavy atom. The van der Waals surface area contributed by atoms with Crippen molar-refractivity contribution in [1.29, 1.82) is 0 Å². The van der Waals surface area contributed by atoms with Crippen LogP contribution in [0.2, 0.25) is 0 Å². The fourth-order valence-corrected chi connectivity index (χ4v) is 3.12. The fourth-order valence-electron chi connectivity index (χ4n) is 3.12. The molecular weight excluding hydrogens is 304 g/mol. The van der Waals surface area contributed by atoms with E-state index in [1.807, 2.05) is 46.5 Å². The maximum Gasteiger partial charge on any atom is 0.240 e. The average Bonchev–Trinajstić information content (AvgIpc) is 3.14. The number of nitrogens with one attached hydrogen (secondary N) is 2. The molecule has 1 aliphatic heterocycles. The first-order valence-corrected chi connectivity index (χ1v) is 8.15. The number of rotatable bonds is 4. The molecule has 1 aliphatic rings. The lowest BCUT2D eigenvalue weighted by atomic mass is 10.3. The molecule has 0 spiro atoms. The summed E-state index contributed by atoms with van der Waals surface area (Å²) in [6, 6.07) is 9.90. The molecule has 0 radical (unpaired) electrons. The zero-order valence-corrected chi connectivity index (χ0v) is 13.6. The minimum atomic E-state index is -0.0367. The van der Waals surface area contributed by atoms with Gasteiger partial charge in [0.2, 0.25) is 5.91 Å². The van der Waals surface area contributed by atoms with E-state index >= 15 is 0 Å². The summed E-state index contributed by atoms with van der Waals surface area (Å²) in [5, 5.41) is 10.8. The number of hydrogen-bond acceptors (Lipinski definition) is 4. The lowest BCUT2D eigenvalue weighted by Gasteiger charge is -2.13. The number of para-hydroxylation sites is 2. The predicted octanol–water partition coefficient (Wildman–Crippen LogP) is 0.961. The monoisotopic (exact) mass is 324 g/mol. The highest BCUT2D eigenvalue weighted by Crippen LogP contribution is 2.15. The Balaban J connectivity index is 1.43. The maximum absolute atomic E-state index is 12.3. The third kappa shape index (κ3) is 2.78. The fraction of sp³-hybridized carbons (Fsp3) is 0.353. The minimum absolute atomic E-state index is 0.0367. The molecule has 124 valence electrons. The van der Waals surface area contributed by atoms with Crippen LogP contribution in [-0.4, -0.2) is 31.8 Å². The molecular formula is C17H20N6O. The second-order valence-corrected chi connectivity index (χ2v) is 6.04. The van der Waals surface area contributed by atoms with Gasteiger partial charge >= 0.3 is 0 Å². The Labute approximate surface area is 139 Å². The SMILES string of the molecule is Cc1nc2ccccc2n1CC(=O)NCc1cc2n(n1)CCNC2. The number of nitrogens with zero attached hydrogens (tertiary/aromatic N) is 4. The Hall–Kier alpha value is -2.67. The van der Waals surface area contributed by atoms with Crippen molar-refractivity contribution in [2.24, 2.45) is 0 Å². The summed E-state index contributed by atoms with van der Waals surface area (Å²) in [5.41, 5.74) is 3.96. The summed E-state index contributed by atoms with van der Waals surface area (Å²) in [6.45, 7) is 5.29. The summed E-state index contributed by atoms with van der Waals surface area (Å²) in [4.78, 5) is 16.8. The van der Waals surface area contributed by atoms with Crippen molar-refractivity contribution < 1.29 is 4.79 Å². The molecule has 2 aromatic heterocycles. The third-order valence-corrected chi connectivity index (χ3v) is 4.33. The van der Waals surface area contributed by atoms with Crippen LogP contribution in [0, 0.1) is 6.92 Å². The largest absolute Gasteiger partial charge is 0.349 e. The number of benzene rings is 1. The zero-order chi connectivity index (χ0) is 16.5. The molecule has 3 heterocycles. The van der Waals surface area contributed by atoms with Crippen molar-refractivity contribution in [2.45, 2.75) is 33.1 Å². The van der Waals surface area contributed by atoms with Crippen molar-refractivity contribution in [3.63, 3.8) is 0 Å². The van der Waals surface area contributed by atoms with Gasteiger partial charge in [0.05, 0.1) is 35.5 Å². The van der Waals surface area contributed by atoms with Gasteiger partial charge in [-0.05, 0) is 25.1 Å². The average molecular weight is 324 g/mol.